The van der Waals surface area contributed by atoms with Crippen molar-refractivity contribution in [2.75, 3.05) is 30.3 Å². The number of rotatable bonds is 15. The van der Waals surface area contributed by atoms with Crippen molar-refractivity contribution in [2.24, 2.45) is 0 Å². The molecule has 8 nitrogen and oxygen atoms in total. The lowest BCUT2D eigenvalue weighted by Gasteiger charge is -2.32. The van der Waals surface area contributed by atoms with Crippen molar-refractivity contribution in [3.05, 3.63) is 95.0 Å². The number of benzene rings is 3. The van der Waals surface area contributed by atoms with Crippen LogP contribution >= 0.6 is 11.6 Å². The highest BCUT2D eigenvalue weighted by atomic mass is 35.5. The zero-order chi connectivity index (χ0) is 29.8. The predicted molar refractivity (Wildman–Crippen MR) is 164 cm³/mol. The molecule has 0 saturated heterocycles. The quantitative estimate of drug-likeness (QED) is 0.263. The maximum Gasteiger partial charge on any atom is 0.243 e. The average Bonchev–Trinajstić information content (AvgIpc) is 2.93. The Morgan fingerprint density at radius 2 is 1.63 bits per heavy atom. The second-order valence-electron chi connectivity index (χ2n) is 9.59. The summed E-state index contributed by atoms with van der Waals surface area (Å²) >= 11 is 6.23. The zero-order valence-corrected chi connectivity index (χ0v) is 25.3. The summed E-state index contributed by atoms with van der Waals surface area (Å²) in [5, 5.41) is 3.40. The minimum Gasteiger partial charge on any atom is -0.492 e. The Balaban J connectivity index is 1.88. The van der Waals surface area contributed by atoms with Crippen molar-refractivity contribution in [2.45, 2.75) is 45.7 Å². The number of nitrogens with zero attached hydrogens (tertiary/aromatic N) is 2. The molecule has 2 amide bonds. The lowest BCUT2D eigenvalue weighted by Crippen LogP contribution is -2.50. The van der Waals surface area contributed by atoms with Crippen molar-refractivity contribution in [1.82, 2.24) is 10.2 Å². The van der Waals surface area contributed by atoms with Gasteiger partial charge in [-0.3, -0.25) is 13.9 Å². The Morgan fingerprint density at radius 3 is 2.29 bits per heavy atom. The minimum absolute atomic E-state index is 0.0358. The van der Waals surface area contributed by atoms with Crippen LogP contribution in [0.15, 0.2) is 78.9 Å². The highest BCUT2D eigenvalue weighted by Crippen LogP contribution is 2.30. The van der Waals surface area contributed by atoms with Crippen LogP contribution in [-0.2, 0) is 32.6 Å². The van der Waals surface area contributed by atoms with E-state index in [1.165, 1.54) is 4.31 Å². The number of anilines is 1. The molecule has 0 aliphatic carbocycles. The predicted octanol–water partition coefficient (Wildman–Crippen LogP) is 5.06. The lowest BCUT2D eigenvalue weighted by molar-refractivity contribution is -0.141. The summed E-state index contributed by atoms with van der Waals surface area (Å²) in [6.45, 7) is 4.72. The SMILES string of the molecule is CCNC(=O)[C@@H](Cc1ccccc1)N(Cc1cccc(Cl)c1)C(=O)CCCN(c1ccccc1OCC)S(C)(=O)=O. The van der Waals surface area contributed by atoms with Crippen LogP contribution in [0.25, 0.3) is 0 Å². The molecule has 3 rings (SSSR count). The van der Waals surface area contributed by atoms with Gasteiger partial charge in [-0.05, 0) is 55.7 Å². The number of halogens is 1. The third-order valence-electron chi connectivity index (χ3n) is 6.45. The van der Waals surface area contributed by atoms with Crippen LogP contribution in [0.5, 0.6) is 5.75 Å². The molecule has 0 heterocycles. The van der Waals surface area contributed by atoms with Crippen LogP contribution < -0.4 is 14.4 Å². The maximum atomic E-state index is 13.8. The second-order valence-corrected chi connectivity index (χ2v) is 11.9. The number of carbonyl (C=O) groups is 2. The Kier molecular flexibility index (Phi) is 12.0. The molecule has 0 unspecified atom stereocenters. The first-order valence-corrected chi connectivity index (χ1v) is 15.9. The lowest BCUT2D eigenvalue weighted by atomic mass is 10.0. The monoisotopic (exact) mass is 599 g/mol. The molecule has 10 heteroatoms. The zero-order valence-electron chi connectivity index (χ0n) is 23.8. The van der Waals surface area contributed by atoms with Crippen LogP contribution in [-0.4, -0.2) is 57.1 Å². The Hall–Kier alpha value is -3.56. The Bertz CT molecular complexity index is 1400. The van der Waals surface area contributed by atoms with Gasteiger partial charge in [-0.2, -0.15) is 0 Å². The molecule has 0 bridgehead atoms. The summed E-state index contributed by atoms with van der Waals surface area (Å²) in [4.78, 5) is 28.7. The van der Waals surface area contributed by atoms with E-state index in [4.69, 9.17) is 16.3 Å². The van der Waals surface area contributed by atoms with Crippen molar-refractivity contribution >= 4 is 39.1 Å². The molecule has 0 spiro atoms. The fourth-order valence-corrected chi connectivity index (χ4v) is 5.78. The van der Waals surface area contributed by atoms with Gasteiger partial charge in [-0.1, -0.05) is 66.2 Å². The third kappa shape index (κ3) is 9.50. The number of carbonyl (C=O) groups excluding carboxylic acids is 2. The summed E-state index contributed by atoms with van der Waals surface area (Å²) < 4.78 is 32.4. The minimum atomic E-state index is -3.66. The summed E-state index contributed by atoms with van der Waals surface area (Å²) in [5.41, 5.74) is 2.13. The first-order valence-electron chi connectivity index (χ1n) is 13.7. The van der Waals surface area contributed by atoms with E-state index in [1.807, 2.05) is 50.2 Å². The molecule has 220 valence electrons. The van der Waals surface area contributed by atoms with E-state index in [0.29, 0.717) is 36.0 Å². The van der Waals surface area contributed by atoms with Gasteiger partial charge in [0.1, 0.15) is 11.8 Å². The number of nitrogens with one attached hydrogen (secondary N) is 1. The number of sulfonamides is 1. The molecular weight excluding hydrogens is 562 g/mol. The van der Waals surface area contributed by atoms with Crippen molar-refractivity contribution in [3.8, 4) is 5.75 Å². The van der Waals surface area contributed by atoms with Crippen LogP contribution in [0, 0.1) is 0 Å². The van der Waals surface area contributed by atoms with E-state index < -0.39 is 16.1 Å². The topological polar surface area (TPSA) is 96.0 Å². The molecule has 0 fully saturated rings. The van der Waals surface area contributed by atoms with Gasteiger partial charge < -0.3 is 15.0 Å². The molecule has 1 atom stereocenters. The van der Waals surface area contributed by atoms with Gasteiger partial charge in [0.15, 0.2) is 0 Å². The van der Waals surface area contributed by atoms with E-state index in [2.05, 4.69) is 5.32 Å². The Morgan fingerprint density at radius 1 is 0.951 bits per heavy atom. The van der Waals surface area contributed by atoms with Crippen LogP contribution in [0.1, 0.15) is 37.8 Å². The highest BCUT2D eigenvalue weighted by Gasteiger charge is 2.30. The summed E-state index contributed by atoms with van der Waals surface area (Å²) in [6, 6.07) is 22.9. The van der Waals surface area contributed by atoms with Gasteiger partial charge in [0.05, 0.1) is 18.6 Å². The number of ether oxygens (including phenoxy) is 1. The van der Waals surface area contributed by atoms with E-state index in [0.717, 1.165) is 17.4 Å². The molecule has 3 aromatic rings. The van der Waals surface area contributed by atoms with Crippen LogP contribution in [0.3, 0.4) is 0 Å². The number of hydrogen-bond acceptors (Lipinski definition) is 5. The Labute approximate surface area is 248 Å². The molecule has 41 heavy (non-hydrogen) atoms. The molecule has 0 aliphatic heterocycles. The van der Waals surface area contributed by atoms with Crippen LogP contribution in [0.4, 0.5) is 5.69 Å². The fourth-order valence-electron chi connectivity index (χ4n) is 4.60. The van der Waals surface area contributed by atoms with Crippen molar-refractivity contribution in [1.29, 1.82) is 0 Å². The van der Waals surface area contributed by atoms with Gasteiger partial charge in [0.25, 0.3) is 0 Å². The van der Waals surface area contributed by atoms with Gasteiger partial charge >= 0.3 is 0 Å². The van der Waals surface area contributed by atoms with Crippen molar-refractivity contribution in [3.63, 3.8) is 0 Å². The van der Waals surface area contributed by atoms with Gasteiger partial charge in [-0.15, -0.1) is 0 Å². The van der Waals surface area contributed by atoms with E-state index in [-0.39, 0.29) is 37.7 Å². The molecule has 0 aromatic heterocycles. The van der Waals surface area contributed by atoms with Gasteiger partial charge in [0, 0.05) is 37.5 Å². The molecule has 0 radical (unpaired) electrons. The third-order valence-corrected chi connectivity index (χ3v) is 7.87. The molecule has 1 N–H and O–H groups in total. The first kappa shape index (κ1) is 32.0. The summed E-state index contributed by atoms with van der Waals surface area (Å²) in [5.74, 6) is -0.0627. The van der Waals surface area contributed by atoms with E-state index in [1.54, 1.807) is 47.4 Å². The van der Waals surface area contributed by atoms with Gasteiger partial charge in [0.2, 0.25) is 21.8 Å². The smallest absolute Gasteiger partial charge is 0.243 e. The first-order chi connectivity index (χ1) is 19.6. The maximum absolute atomic E-state index is 13.8. The highest BCUT2D eigenvalue weighted by molar-refractivity contribution is 7.92. The van der Waals surface area contributed by atoms with Gasteiger partial charge in [-0.25, -0.2) is 8.42 Å². The molecule has 3 aromatic carbocycles. The normalized spacial score (nSPS) is 11.9. The van der Waals surface area contributed by atoms with Crippen molar-refractivity contribution < 1.29 is 22.7 Å². The average molecular weight is 600 g/mol. The number of amides is 2. The molecule has 0 aliphatic rings. The molecule has 0 saturated carbocycles. The molecular formula is C31H38ClN3O5S. The standard InChI is InChI=1S/C31H38ClN3O5S/c1-4-33-31(37)28(22-24-13-7-6-8-14-24)34(23-25-15-11-16-26(32)21-25)30(36)19-12-20-35(41(3,38)39)27-17-9-10-18-29(27)40-5-2/h6-11,13-18,21,28H,4-5,12,19-20,22-23H2,1-3H3,(H,33,37)/t28-/m1/s1. The number of para-hydroxylation sites is 2. The number of hydrogen-bond donors (Lipinski definition) is 1. The van der Waals surface area contributed by atoms with Crippen LogP contribution in [0.2, 0.25) is 5.02 Å². The second kappa shape index (κ2) is 15.4. The largest absolute Gasteiger partial charge is 0.492 e. The van der Waals surface area contributed by atoms with E-state index in [9.17, 15) is 18.0 Å². The summed E-state index contributed by atoms with van der Waals surface area (Å²) in [6.07, 6.45) is 1.74. The number of likely N-dealkylation sites (N-methyl/N-ethyl adjacent to an activating group) is 1. The fraction of sp³-hybridized carbons (Fsp3) is 0.355. The van der Waals surface area contributed by atoms with E-state index >= 15 is 0 Å². The summed E-state index contributed by atoms with van der Waals surface area (Å²) in [7, 11) is -3.66.